The lowest BCUT2D eigenvalue weighted by Crippen LogP contribution is -2.17. The molecule has 0 aliphatic heterocycles. The van der Waals surface area contributed by atoms with Crippen LogP contribution in [0.2, 0.25) is 0 Å². The molecule has 0 saturated carbocycles. The van der Waals surface area contributed by atoms with Gasteiger partial charge in [0.1, 0.15) is 12.4 Å². The Morgan fingerprint density at radius 2 is 1.82 bits per heavy atom. The van der Waals surface area contributed by atoms with E-state index in [1.807, 2.05) is 60.7 Å². The van der Waals surface area contributed by atoms with Gasteiger partial charge in [-0.3, -0.25) is 4.79 Å². The van der Waals surface area contributed by atoms with Crippen LogP contribution in [0.25, 0.3) is 21.7 Å². The summed E-state index contributed by atoms with van der Waals surface area (Å²) in [5.41, 5.74) is 5.27. The third-order valence-electron chi connectivity index (χ3n) is 5.28. The lowest BCUT2D eigenvalue weighted by atomic mass is 10.1. The number of benzene rings is 3. The van der Waals surface area contributed by atoms with E-state index in [0.717, 1.165) is 32.8 Å². The monoisotopic (exact) mass is 436 g/mol. The third-order valence-corrected chi connectivity index (χ3v) is 5.28. The number of carbonyl (C=O) groups is 1. The molecular formula is C26H20N4O3. The second kappa shape index (κ2) is 8.84. The minimum Gasteiger partial charge on any atom is -0.507 e. The number of H-pyrrole nitrogens is 1. The van der Waals surface area contributed by atoms with Crippen LogP contribution in [0.15, 0.2) is 90.3 Å². The van der Waals surface area contributed by atoms with Crippen molar-refractivity contribution < 1.29 is 14.6 Å². The molecule has 5 rings (SSSR count). The molecule has 0 fully saturated rings. The van der Waals surface area contributed by atoms with E-state index in [-0.39, 0.29) is 11.3 Å². The number of hydrogen-bond acceptors (Lipinski definition) is 5. The number of nitrogens with zero attached hydrogens (tertiary/aromatic N) is 2. The fourth-order valence-corrected chi connectivity index (χ4v) is 3.57. The predicted octanol–water partition coefficient (Wildman–Crippen LogP) is 4.76. The first kappa shape index (κ1) is 20.3. The van der Waals surface area contributed by atoms with Crippen molar-refractivity contribution in [2.45, 2.75) is 6.61 Å². The molecule has 0 spiro atoms. The molecule has 0 bridgehead atoms. The van der Waals surface area contributed by atoms with Crippen molar-refractivity contribution in [3.8, 4) is 11.6 Å². The van der Waals surface area contributed by atoms with Crippen LogP contribution in [0.4, 0.5) is 0 Å². The van der Waals surface area contributed by atoms with E-state index in [9.17, 15) is 9.90 Å². The van der Waals surface area contributed by atoms with Gasteiger partial charge in [0.2, 0.25) is 5.88 Å². The van der Waals surface area contributed by atoms with E-state index in [0.29, 0.717) is 12.5 Å². The minimum absolute atomic E-state index is 0.0974. The van der Waals surface area contributed by atoms with Gasteiger partial charge in [-0.15, -0.1) is 0 Å². The number of pyridine rings is 1. The molecule has 1 amide bonds. The zero-order chi connectivity index (χ0) is 22.6. The van der Waals surface area contributed by atoms with Gasteiger partial charge in [-0.1, -0.05) is 54.6 Å². The molecule has 0 unspecified atom stereocenters. The maximum absolute atomic E-state index is 12.6. The highest BCUT2D eigenvalue weighted by atomic mass is 16.5. The summed E-state index contributed by atoms with van der Waals surface area (Å²) in [7, 11) is 0. The maximum Gasteiger partial charge on any atom is 0.275 e. The van der Waals surface area contributed by atoms with Crippen molar-refractivity contribution in [1.82, 2.24) is 15.4 Å². The SMILES string of the molecule is O=C(N/N=C/c1c[nH]c2cnc(OCc3ccccc3)cc12)c1cc2ccccc2cc1O. The van der Waals surface area contributed by atoms with Crippen molar-refractivity contribution in [2.75, 3.05) is 0 Å². The molecule has 2 heterocycles. The molecule has 7 heteroatoms. The van der Waals surface area contributed by atoms with Crippen molar-refractivity contribution in [3.05, 3.63) is 102 Å². The Bertz CT molecular complexity index is 1480. The van der Waals surface area contributed by atoms with Crippen LogP contribution in [0.5, 0.6) is 11.6 Å². The molecular weight excluding hydrogens is 416 g/mol. The number of hydrogen-bond donors (Lipinski definition) is 3. The second-order valence-electron chi connectivity index (χ2n) is 7.50. The van der Waals surface area contributed by atoms with Gasteiger partial charge in [-0.05, 0) is 28.5 Å². The van der Waals surface area contributed by atoms with Gasteiger partial charge in [0, 0.05) is 23.2 Å². The molecule has 0 atom stereocenters. The molecule has 3 N–H and O–H groups in total. The summed E-state index contributed by atoms with van der Waals surface area (Å²) in [4.78, 5) is 20.0. The van der Waals surface area contributed by atoms with E-state index in [1.54, 1.807) is 24.5 Å². The van der Waals surface area contributed by atoms with Crippen LogP contribution in [0.1, 0.15) is 21.5 Å². The number of carbonyl (C=O) groups excluding carboxylic acids is 1. The summed E-state index contributed by atoms with van der Waals surface area (Å²) in [6.45, 7) is 0.415. The van der Waals surface area contributed by atoms with Crippen LogP contribution < -0.4 is 10.2 Å². The molecule has 33 heavy (non-hydrogen) atoms. The fraction of sp³-hybridized carbons (Fsp3) is 0.0385. The lowest BCUT2D eigenvalue weighted by molar-refractivity contribution is 0.0952. The molecule has 0 aliphatic carbocycles. The van der Waals surface area contributed by atoms with Gasteiger partial charge in [0.25, 0.3) is 5.91 Å². The zero-order valence-electron chi connectivity index (χ0n) is 17.5. The normalized spacial score (nSPS) is 11.3. The first-order valence-electron chi connectivity index (χ1n) is 10.4. The van der Waals surface area contributed by atoms with Gasteiger partial charge >= 0.3 is 0 Å². The second-order valence-corrected chi connectivity index (χ2v) is 7.50. The zero-order valence-corrected chi connectivity index (χ0v) is 17.5. The Morgan fingerprint density at radius 3 is 2.64 bits per heavy atom. The van der Waals surface area contributed by atoms with Crippen LogP contribution in [-0.2, 0) is 6.61 Å². The molecule has 0 aliphatic rings. The number of hydrazone groups is 1. The summed E-state index contributed by atoms with van der Waals surface area (Å²) in [5, 5.41) is 16.9. The predicted molar refractivity (Wildman–Crippen MR) is 128 cm³/mol. The lowest BCUT2D eigenvalue weighted by Gasteiger charge is -2.06. The maximum atomic E-state index is 12.6. The molecule has 5 aromatic rings. The van der Waals surface area contributed by atoms with Crippen molar-refractivity contribution in [1.29, 1.82) is 0 Å². The molecule has 2 aromatic heterocycles. The summed E-state index contributed by atoms with van der Waals surface area (Å²) >= 11 is 0. The molecule has 3 aromatic carbocycles. The number of nitrogens with one attached hydrogen (secondary N) is 2. The average molecular weight is 436 g/mol. The Kier molecular flexibility index (Phi) is 5.43. The smallest absolute Gasteiger partial charge is 0.275 e. The first-order chi connectivity index (χ1) is 16.2. The van der Waals surface area contributed by atoms with Crippen LogP contribution >= 0.6 is 0 Å². The van der Waals surface area contributed by atoms with Crippen molar-refractivity contribution in [2.24, 2.45) is 5.10 Å². The van der Waals surface area contributed by atoms with E-state index in [4.69, 9.17) is 4.74 Å². The quantitative estimate of drug-likeness (QED) is 0.264. The Labute approximate surface area is 189 Å². The van der Waals surface area contributed by atoms with Gasteiger partial charge in [0.05, 0.1) is 23.5 Å². The standard InChI is InChI=1S/C26H20N4O3/c31-24-11-19-9-5-4-8-18(19)10-22(24)26(32)30-29-14-20-13-27-23-15-28-25(12-21(20)23)33-16-17-6-2-1-3-7-17/h1-15,27,31H,16H2,(H,30,32)/b29-14+. The van der Waals surface area contributed by atoms with Crippen LogP contribution in [0.3, 0.4) is 0 Å². The highest BCUT2D eigenvalue weighted by Crippen LogP contribution is 2.25. The van der Waals surface area contributed by atoms with Crippen LogP contribution in [-0.4, -0.2) is 27.2 Å². The molecule has 0 radical (unpaired) electrons. The van der Waals surface area contributed by atoms with Gasteiger partial charge in [0.15, 0.2) is 0 Å². The third kappa shape index (κ3) is 4.38. The van der Waals surface area contributed by atoms with Crippen molar-refractivity contribution in [3.63, 3.8) is 0 Å². The van der Waals surface area contributed by atoms with E-state index < -0.39 is 5.91 Å². The van der Waals surface area contributed by atoms with Gasteiger partial charge in [-0.25, -0.2) is 10.4 Å². The van der Waals surface area contributed by atoms with E-state index in [2.05, 4.69) is 20.5 Å². The molecule has 0 saturated heterocycles. The van der Waals surface area contributed by atoms with E-state index in [1.165, 1.54) is 6.21 Å². The Hall–Kier alpha value is -4.65. The number of aromatic hydroxyl groups is 1. The number of rotatable bonds is 6. The average Bonchev–Trinajstić information content (AvgIpc) is 3.25. The largest absolute Gasteiger partial charge is 0.507 e. The number of ether oxygens (including phenoxy) is 1. The number of aromatic nitrogens is 2. The van der Waals surface area contributed by atoms with Gasteiger partial charge < -0.3 is 14.8 Å². The minimum atomic E-state index is -0.497. The highest BCUT2D eigenvalue weighted by Gasteiger charge is 2.12. The summed E-state index contributed by atoms with van der Waals surface area (Å²) in [6.07, 6.45) is 5.00. The Balaban J connectivity index is 1.31. The highest BCUT2D eigenvalue weighted by molar-refractivity contribution is 6.03. The number of amides is 1. The number of fused-ring (bicyclic) bond motifs is 2. The molecule has 7 nitrogen and oxygen atoms in total. The summed E-state index contributed by atoms with van der Waals surface area (Å²) in [6, 6.07) is 22.4. The number of aromatic amines is 1. The fourth-order valence-electron chi connectivity index (χ4n) is 3.57. The van der Waals surface area contributed by atoms with Crippen LogP contribution in [0, 0.1) is 0 Å². The van der Waals surface area contributed by atoms with E-state index >= 15 is 0 Å². The Morgan fingerprint density at radius 1 is 1.06 bits per heavy atom. The number of phenolic OH excluding ortho intramolecular Hbond substituents is 1. The summed E-state index contributed by atoms with van der Waals surface area (Å²) in [5.74, 6) is -0.103. The molecule has 162 valence electrons. The number of phenols is 1. The van der Waals surface area contributed by atoms with Crippen molar-refractivity contribution >= 4 is 33.8 Å². The topological polar surface area (TPSA) is 99.6 Å². The summed E-state index contributed by atoms with van der Waals surface area (Å²) < 4.78 is 5.81. The first-order valence-corrected chi connectivity index (χ1v) is 10.4. The van der Waals surface area contributed by atoms with Gasteiger partial charge in [-0.2, -0.15) is 5.10 Å².